The van der Waals surface area contributed by atoms with Crippen molar-refractivity contribution in [2.45, 2.75) is 31.4 Å². The molecule has 0 aliphatic carbocycles. The first-order valence-corrected chi connectivity index (χ1v) is 8.47. The van der Waals surface area contributed by atoms with E-state index in [9.17, 15) is 5.11 Å². The van der Waals surface area contributed by atoms with Gasteiger partial charge in [-0.1, -0.05) is 18.2 Å². The van der Waals surface area contributed by atoms with Gasteiger partial charge in [0.05, 0.1) is 13.2 Å². The minimum atomic E-state index is -0.975. The van der Waals surface area contributed by atoms with Crippen LogP contribution in [0, 0.1) is 6.92 Å². The molecule has 1 aromatic rings. The van der Waals surface area contributed by atoms with Gasteiger partial charge < -0.3 is 19.3 Å². The number of hydrogen-bond acceptors (Lipinski definition) is 5. The predicted octanol–water partition coefficient (Wildman–Crippen LogP) is 1.62. The molecule has 2 heterocycles. The highest BCUT2D eigenvalue weighted by atomic mass is 16.5. The van der Waals surface area contributed by atoms with Crippen molar-refractivity contribution in [3.8, 4) is 5.75 Å². The summed E-state index contributed by atoms with van der Waals surface area (Å²) in [6, 6.07) is 8.35. The molecule has 2 fully saturated rings. The quantitative estimate of drug-likeness (QED) is 0.913. The number of rotatable bonds is 4. The van der Waals surface area contributed by atoms with Crippen molar-refractivity contribution in [3.63, 3.8) is 0 Å². The Morgan fingerprint density at radius 1 is 1.22 bits per heavy atom. The van der Waals surface area contributed by atoms with E-state index in [2.05, 4.69) is 4.90 Å². The molecule has 128 valence electrons. The van der Waals surface area contributed by atoms with Gasteiger partial charge in [-0.15, -0.1) is 0 Å². The highest BCUT2D eigenvalue weighted by Crippen LogP contribution is 2.23. The first-order valence-electron chi connectivity index (χ1n) is 8.47. The summed E-state index contributed by atoms with van der Waals surface area (Å²) in [4.78, 5) is 2.34. The Labute approximate surface area is 138 Å². The molecule has 1 N–H and O–H groups in total. The number of hydrogen-bond donors (Lipinski definition) is 1. The summed E-state index contributed by atoms with van der Waals surface area (Å²) in [5.74, 6) is 0.822. The maximum absolute atomic E-state index is 11.0. The van der Waals surface area contributed by atoms with Crippen LogP contribution in [0.25, 0.3) is 0 Å². The summed E-state index contributed by atoms with van der Waals surface area (Å²) in [5.41, 5.74) is 0.101. The predicted molar refractivity (Wildman–Crippen MR) is 87.9 cm³/mol. The van der Waals surface area contributed by atoms with E-state index in [4.69, 9.17) is 14.2 Å². The third kappa shape index (κ3) is 4.44. The molecule has 2 aliphatic rings. The minimum absolute atomic E-state index is 0.248. The Bertz CT molecular complexity index is 504. The Balaban J connectivity index is 1.62. The van der Waals surface area contributed by atoms with Gasteiger partial charge in [-0.05, 0) is 31.4 Å². The van der Waals surface area contributed by atoms with Crippen molar-refractivity contribution in [2.24, 2.45) is 0 Å². The van der Waals surface area contributed by atoms with Gasteiger partial charge in [0, 0.05) is 32.3 Å². The summed E-state index contributed by atoms with van der Waals surface area (Å²) in [6.45, 7) is 6.29. The van der Waals surface area contributed by atoms with Gasteiger partial charge >= 0.3 is 0 Å². The van der Waals surface area contributed by atoms with Crippen LogP contribution >= 0.6 is 0 Å². The summed E-state index contributed by atoms with van der Waals surface area (Å²) in [6.07, 6.45) is 2.05. The smallest absolute Gasteiger partial charge is 0.134 e. The molecule has 0 spiro atoms. The second kappa shape index (κ2) is 7.62. The molecular weight excluding hydrogens is 294 g/mol. The Morgan fingerprint density at radius 2 is 2.00 bits per heavy atom. The summed E-state index contributed by atoms with van der Waals surface area (Å²) in [5, 5.41) is 11.0. The van der Waals surface area contributed by atoms with Gasteiger partial charge in [0.2, 0.25) is 0 Å². The number of aliphatic hydroxyl groups is 1. The van der Waals surface area contributed by atoms with Crippen molar-refractivity contribution in [3.05, 3.63) is 29.8 Å². The van der Waals surface area contributed by atoms with Gasteiger partial charge in [0.1, 0.15) is 18.0 Å². The molecular formula is C18H27NO4. The van der Waals surface area contributed by atoms with E-state index in [-0.39, 0.29) is 6.61 Å². The zero-order valence-corrected chi connectivity index (χ0v) is 13.9. The molecule has 1 aromatic carbocycles. The zero-order valence-electron chi connectivity index (χ0n) is 13.9. The van der Waals surface area contributed by atoms with E-state index in [0.29, 0.717) is 25.8 Å². The second-order valence-corrected chi connectivity index (χ2v) is 6.65. The first kappa shape index (κ1) is 16.7. The molecule has 0 saturated carbocycles. The summed E-state index contributed by atoms with van der Waals surface area (Å²) in [7, 11) is 0. The lowest BCUT2D eigenvalue weighted by molar-refractivity contribution is -0.0715. The minimum Gasteiger partial charge on any atom is -0.490 e. The number of nitrogens with zero attached hydrogens (tertiary/aromatic N) is 1. The van der Waals surface area contributed by atoms with Crippen LogP contribution in [-0.4, -0.2) is 67.8 Å². The van der Waals surface area contributed by atoms with Gasteiger partial charge in [0.25, 0.3) is 0 Å². The molecule has 5 nitrogen and oxygen atoms in total. The van der Waals surface area contributed by atoms with E-state index in [1.807, 2.05) is 31.2 Å². The largest absolute Gasteiger partial charge is 0.490 e. The van der Waals surface area contributed by atoms with E-state index in [0.717, 1.165) is 43.9 Å². The molecule has 0 aromatic heterocycles. The standard InChI is InChI=1S/C18H27NO4/c1-15-4-2-3-5-17(15)23-14-18(20)12-19(8-11-22-13-18)16-6-9-21-10-7-16/h2-5,16,20H,6-14H2,1H3/t18-/m1/s1. The van der Waals surface area contributed by atoms with E-state index >= 15 is 0 Å². The first-order chi connectivity index (χ1) is 11.2. The molecule has 3 rings (SSSR count). The van der Waals surface area contributed by atoms with Crippen molar-refractivity contribution < 1.29 is 19.3 Å². The number of aryl methyl sites for hydroxylation is 1. The van der Waals surface area contributed by atoms with E-state index in [1.165, 1.54) is 0 Å². The second-order valence-electron chi connectivity index (χ2n) is 6.65. The van der Waals surface area contributed by atoms with Gasteiger partial charge in [-0.25, -0.2) is 0 Å². The molecule has 0 unspecified atom stereocenters. The Morgan fingerprint density at radius 3 is 2.78 bits per heavy atom. The maximum Gasteiger partial charge on any atom is 0.134 e. The van der Waals surface area contributed by atoms with Crippen molar-refractivity contribution in [2.75, 3.05) is 46.1 Å². The van der Waals surface area contributed by atoms with Crippen molar-refractivity contribution >= 4 is 0 Å². The number of ether oxygens (including phenoxy) is 3. The van der Waals surface area contributed by atoms with Crippen LogP contribution in [-0.2, 0) is 9.47 Å². The van der Waals surface area contributed by atoms with Crippen LogP contribution < -0.4 is 4.74 Å². The van der Waals surface area contributed by atoms with E-state index in [1.54, 1.807) is 0 Å². The molecule has 5 heteroatoms. The fourth-order valence-electron chi connectivity index (χ4n) is 3.33. The van der Waals surface area contributed by atoms with Crippen LogP contribution in [0.5, 0.6) is 5.75 Å². The van der Waals surface area contributed by atoms with Crippen LogP contribution in [0.3, 0.4) is 0 Å². The highest BCUT2D eigenvalue weighted by molar-refractivity contribution is 5.31. The Hall–Kier alpha value is -1.14. The third-order valence-corrected chi connectivity index (χ3v) is 4.69. The number of β-amino-alcohol motifs (C(OH)–C–C–N with tert-alkyl or cyclic N) is 1. The average molecular weight is 321 g/mol. The SMILES string of the molecule is Cc1ccccc1OC[C@]1(O)COCCN(C2CCOCC2)C1. The van der Waals surface area contributed by atoms with Crippen LogP contribution in [0.2, 0.25) is 0 Å². The number of benzene rings is 1. The fraction of sp³-hybridized carbons (Fsp3) is 0.667. The van der Waals surface area contributed by atoms with Gasteiger partial charge in [-0.3, -0.25) is 4.90 Å². The summed E-state index contributed by atoms with van der Waals surface area (Å²) < 4.78 is 17.0. The van der Waals surface area contributed by atoms with Crippen LogP contribution in [0.15, 0.2) is 24.3 Å². The highest BCUT2D eigenvalue weighted by Gasteiger charge is 2.36. The molecule has 0 amide bonds. The fourth-order valence-corrected chi connectivity index (χ4v) is 3.33. The normalized spacial score (nSPS) is 27.6. The van der Waals surface area contributed by atoms with Crippen LogP contribution in [0.1, 0.15) is 18.4 Å². The lowest BCUT2D eigenvalue weighted by atomic mass is 10.0. The van der Waals surface area contributed by atoms with Crippen LogP contribution in [0.4, 0.5) is 0 Å². The van der Waals surface area contributed by atoms with E-state index < -0.39 is 5.60 Å². The Kier molecular flexibility index (Phi) is 5.54. The van der Waals surface area contributed by atoms with Gasteiger partial charge in [0.15, 0.2) is 0 Å². The molecule has 2 saturated heterocycles. The van der Waals surface area contributed by atoms with Crippen molar-refractivity contribution in [1.29, 1.82) is 0 Å². The molecule has 2 aliphatic heterocycles. The maximum atomic E-state index is 11.0. The van der Waals surface area contributed by atoms with Gasteiger partial charge in [-0.2, -0.15) is 0 Å². The number of para-hydroxylation sites is 1. The topological polar surface area (TPSA) is 51.2 Å². The summed E-state index contributed by atoms with van der Waals surface area (Å²) >= 11 is 0. The monoisotopic (exact) mass is 321 g/mol. The zero-order chi connectivity index (χ0) is 16.1. The molecule has 0 radical (unpaired) electrons. The third-order valence-electron chi connectivity index (χ3n) is 4.69. The molecule has 0 bridgehead atoms. The lowest BCUT2D eigenvalue weighted by Crippen LogP contribution is -2.52. The molecule has 23 heavy (non-hydrogen) atoms. The average Bonchev–Trinajstić information content (AvgIpc) is 2.77. The molecule has 1 atom stereocenters. The lowest BCUT2D eigenvalue weighted by Gasteiger charge is -2.37. The van der Waals surface area contributed by atoms with Crippen molar-refractivity contribution in [1.82, 2.24) is 4.90 Å².